The summed E-state index contributed by atoms with van der Waals surface area (Å²) in [5.74, 6) is -0.282. The molecule has 0 aromatic heterocycles. The van der Waals surface area contributed by atoms with Crippen LogP contribution in [-0.2, 0) is 9.53 Å². The molecule has 4 atom stereocenters. The molecule has 0 saturated carbocycles. The first kappa shape index (κ1) is 10.7. The lowest BCUT2D eigenvalue weighted by Gasteiger charge is -2.28. The van der Waals surface area contributed by atoms with Crippen LogP contribution in [0.5, 0.6) is 0 Å². The van der Waals surface area contributed by atoms with Crippen LogP contribution < -0.4 is 0 Å². The van der Waals surface area contributed by atoms with Crippen LogP contribution in [0.25, 0.3) is 0 Å². The van der Waals surface area contributed by atoms with Crippen molar-refractivity contribution >= 4 is 6.29 Å². The maximum atomic E-state index is 11.3. The average molecular weight is 230 g/mol. The molecule has 2 aliphatic heterocycles. The number of hydrogen-bond donors (Lipinski definition) is 1. The van der Waals surface area contributed by atoms with Crippen molar-refractivity contribution in [2.45, 2.75) is 17.6 Å². The molecule has 3 rings (SSSR count). The highest BCUT2D eigenvalue weighted by molar-refractivity contribution is 5.62. The van der Waals surface area contributed by atoms with Crippen LogP contribution in [0, 0.1) is 5.92 Å². The van der Waals surface area contributed by atoms with E-state index in [-0.39, 0.29) is 24.5 Å². The number of aldehydes is 1. The van der Waals surface area contributed by atoms with Crippen LogP contribution in [0.15, 0.2) is 42.5 Å². The number of benzene rings is 1. The minimum Gasteiger partial charge on any atom is -0.393 e. The van der Waals surface area contributed by atoms with E-state index >= 15 is 0 Å². The predicted molar refractivity (Wildman–Crippen MR) is 62.6 cm³/mol. The van der Waals surface area contributed by atoms with Crippen LogP contribution in [0.3, 0.4) is 0 Å². The first-order chi connectivity index (χ1) is 8.30. The van der Waals surface area contributed by atoms with E-state index in [0.717, 1.165) is 11.8 Å². The van der Waals surface area contributed by atoms with Crippen molar-refractivity contribution < 1.29 is 14.6 Å². The van der Waals surface area contributed by atoms with Gasteiger partial charge in [-0.05, 0) is 5.56 Å². The highest BCUT2D eigenvalue weighted by Crippen LogP contribution is 2.50. The number of hydrogen-bond acceptors (Lipinski definition) is 3. The topological polar surface area (TPSA) is 46.5 Å². The molecule has 88 valence electrons. The maximum absolute atomic E-state index is 11.3. The second kappa shape index (κ2) is 3.79. The Morgan fingerprint density at radius 1 is 1.35 bits per heavy atom. The summed E-state index contributed by atoms with van der Waals surface area (Å²) in [5.41, 5.74) is 0.293. The molecule has 2 aliphatic rings. The number of aliphatic hydroxyl groups is 1. The summed E-state index contributed by atoms with van der Waals surface area (Å²) in [5, 5.41) is 9.47. The Morgan fingerprint density at radius 3 is 2.76 bits per heavy atom. The molecule has 0 spiro atoms. The van der Waals surface area contributed by atoms with Gasteiger partial charge in [-0.1, -0.05) is 42.5 Å². The fraction of sp³-hybridized carbons (Fsp3) is 0.357. The largest absolute Gasteiger partial charge is 0.393 e. The zero-order valence-electron chi connectivity index (χ0n) is 9.32. The van der Waals surface area contributed by atoms with Gasteiger partial charge in [0.1, 0.15) is 11.9 Å². The molecular formula is C14H14O3. The summed E-state index contributed by atoms with van der Waals surface area (Å²) in [7, 11) is 0. The fourth-order valence-corrected chi connectivity index (χ4v) is 2.95. The SMILES string of the molecule is O=CC1C(c2ccccc2)C2C=CC1(CO)O2. The van der Waals surface area contributed by atoms with E-state index in [0.29, 0.717) is 0 Å². The molecule has 0 aliphatic carbocycles. The summed E-state index contributed by atoms with van der Waals surface area (Å²) in [6, 6.07) is 9.87. The van der Waals surface area contributed by atoms with Crippen molar-refractivity contribution in [3.63, 3.8) is 0 Å². The number of carbonyl (C=O) groups is 1. The normalized spacial score (nSPS) is 38.5. The van der Waals surface area contributed by atoms with Gasteiger partial charge in [-0.2, -0.15) is 0 Å². The molecule has 2 bridgehead atoms. The molecule has 0 amide bonds. The maximum Gasteiger partial charge on any atom is 0.127 e. The van der Waals surface area contributed by atoms with Crippen molar-refractivity contribution in [2.75, 3.05) is 6.61 Å². The second-order valence-electron chi connectivity index (χ2n) is 4.65. The number of fused-ring (bicyclic) bond motifs is 2. The third kappa shape index (κ3) is 1.39. The lowest BCUT2D eigenvalue weighted by Crippen LogP contribution is -2.39. The van der Waals surface area contributed by atoms with Crippen molar-refractivity contribution in [3.8, 4) is 0 Å². The Morgan fingerprint density at radius 2 is 2.12 bits per heavy atom. The van der Waals surface area contributed by atoms with Gasteiger partial charge in [0.2, 0.25) is 0 Å². The summed E-state index contributed by atoms with van der Waals surface area (Å²) in [6.45, 7) is -0.146. The molecular weight excluding hydrogens is 216 g/mol. The van der Waals surface area contributed by atoms with Gasteiger partial charge in [0, 0.05) is 5.92 Å². The molecule has 0 radical (unpaired) electrons. The Bertz CT molecular complexity index is 454. The predicted octanol–water partition coefficient (Wildman–Crippen LogP) is 1.28. The summed E-state index contributed by atoms with van der Waals surface area (Å²) in [4.78, 5) is 11.3. The van der Waals surface area contributed by atoms with Gasteiger partial charge < -0.3 is 14.6 Å². The Labute approximate surface area is 99.7 Å². The molecule has 1 saturated heterocycles. The quantitative estimate of drug-likeness (QED) is 0.628. The number of carbonyl (C=O) groups excluding carboxylic acids is 1. The van der Waals surface area contributed by atoms with Crippen molar-refractivity contribution in [3.05, 3.63) is 48.0 Å². The third-order valence-corrected chi connectivity index (χ3v) is 3.81. The first-order valence-electron chi connectivity index (χ1n) is 5.79. The van der Waals surface area contributed by atoms with Gasteiger partial charge in [0.25, 0.3) is 0 Å². The van der Waals surface area contributed by atoms with Crippen LogP contribution in [0.1, 0.15) is 11.5 Å². The van der Waals surface area contributed by atoms with Crippen LogP contribution in [0.2, 0.25) is 0 Å². The standard InChI is InChI=1S/C14H14O3/c15-8-11-13(10-4-2-1-3-5-10)12-6-7-14(11,9-16)17-12/h1-8,11-13,16H,9H2. The van der Waals surface area contributed by atoms with Crippen molar-refractivity contribution in [1.29, 1.82) is 0 Å². The zero-order chi connectivity index (χ0) is 11.9. The minimum atomic E-state index is -0.799. The van der Waals surface area contributed by atoms with Gasteiger partial charge in [-0.25, -0.2) is 0 Å². The molecule has 1 aromatic carbocycles. The zero-order valence-corrected chi connectivity index (χ0v) is 9.32. The van der Waals surface area contributed by atoms with E-state index in [1.807, 2.05) is 42.5 Å². The van der Waals surface area contributed by atoms with Crippen LogP contribution in [-0.4, -0.2) is 29.7 Å². The van der Waals surface area contributed by atoms with E-state index in [2.05, 4.69) is 0 Å². The Balaban J connectivity index is 2.03. The fourth-order valence-electron chi connectivity index (χ4n) is 2.95. The van der Waals surface area contributed by atoms with Crippen molar-refractivity contribution in [2.24, 2.45) is 5.92 Å². The van der Waals surface area contributed by atoms with E-state index in [1.165, 1.54) is 0 Å². The van der Waals surface area contributed by atoms with Crippen LogP contribution >= 0.6 is 0 Å². The Kier molecular flexibility index (Phi) is 2.38. The first-order valence-corrected chi connectivity index (χ1v) is 5.79. The lowest BCUT2D eigenvalue weighted by molar-refractivity contribution is -0.116. The molecule has 1 aromatic rings. The third-order valence-electron chi connectivity index (χ3n) is 3.81. The molecule has 3 nitrogen and oxygen atoms in total. The van der Waals surface area contributed by atoms with E-state index < -0.39 is 5.60 Å². The van der Waals surface area contributed by atoms with E-state index in [9.17, 15) is 9.90 Å². The highest BCUT2D eigenvalue weighted by Gasteiger charge is 2.56. The van der Waals surface area contributed by atoms with Gasteiger partial charge in [-0.15, -0.1) is 0 Å². The average Bonchev–Trinajstić information content (AvgIpc) is 2.95. The number of rotatable bonds is 3. The minimum absolute atomic E-state index is 0.0193. The van der Waals surface area contributed by atoms with E-state index in [1.54, 1.807) is 0 Å². The Hall–Kier alpha value is -1.45. The molecule has 17 heavy (non-hydrogen) atoms. The number of aliphatic hydroxyl groups excluding tert-OH is 1. The van der Waals surface area contributed by atoms with E-state index in [4.69, 9.17) is 4.74 Å². The van der Waals surface area contributed by atoms with Gasteiger partial charge in [0.15, 0.2) is 0 Å². The summed E-state index contributed by atoms with van der Waals surface area (Å²) >= 11 is 0. The summed E-state index contributed by atoms with van der Waals surface area (Å²) < 4.78 is 5.79. The summed E-state index contributed by atoms with van der Waals surface area (Å²) in [6.07, 6.45) is 4.60. The van der Waals surface area contributed by atoms with Gasteiger partial charge in [0.05, 0.1) is 18.6 Å². The monoisotopic (exact) mass is 230 g/mol. The molecule has 3 heteroatoms. The van der Waals surface area contributed by atoms with Gasteiger partial charge >= 0.3 is 0 Å². The lowest BCUT2D eigenvalue weighted by atomic mass is 9.73. The van der Waals surface area contributed by atoms with Gasteiger partial charge in [-0.3, -0.25) is 0 Å². The molecule has 4 unspecified atom stereocenters. The van der Waals surface area contributed by atoms with Crippen molar-refractivity contribution in [1.82, 2.24) is 0 Å². The molecule has 1 fully saturated rings. The smallest absolute Gasteiger partial charge is 0.127 e. The molecule has 1 N–H and O–H groups in total. The van der Waals surface area contributed by atoms with Crippen LogP contribution in [0.4, 0.5) is 0 Å². The number of ether oxygens (including phenoxy) is 1. The highest BCUT2D eigenvalue weighted by atomic mass is 16.5. The second-order valence-corrected chi connectivity index (χ2v) is 4.65. The molecule has 2 heterocycles.